The van der Waals surface area contributed by atoms with Gasteiger partial charge in [-0.15, -0.1) is 0 Å². The molecule has 0 bridgehead atoms. The molecule has 0 N–H and O–H groups in total. The second-order valence-corrected chi connectivity index (χ2v) is 10.3. The molecule has 8 heteroatoms. The van der Waals surface area contributed by atoms with E-state index < -0.39 is 39.3 Å². The highest BCUT2D eigenvalue weighted by Gasteiger charge is 2.64. The van der Waals surface area contributed by atoms with Crippen LogP contribution in [-0.2, 0) is 35.7 Å². The van der Waals surface area contributed by atoms with Crippen LogP contribution >= 0.6 is 0 Å². The number of hydrogen-bond donors (Lipinski definition) is 0. The SMILES string of the molecule is CO[C@H]1C=CC[C@H]2CCN(S(=O)(=O)c3ccc(C)cc3)C(=O)[C@]21C(=O)OCc1ccccc1. The maximum absolute atomic E-state index is 13.9. The third-order valence-electron chi connectivity index (χ3n) is 6.50. The molecule has 1 aliphatic heterocycles. The minimum absolute atomic E-state index is 0.00228. The molecule has 2 aliphatic rings. The molecule has 2 aromatic carbocycles. The van der Waals surface area contributed by atoms with Crippen LogP contribution in [0.25, 0.3) is 0 Å². The number of carbonyl (C=O) groups excluding carboxylic acids is 2. The Labute approximate surface area is 194 Å². The summed E-state index contributed by atoms with van der Waals surface area (Å²) in [5.74, 6) is -1.98. The molecule has 0 radical (unpaired) electrons. The van der Waals surface area contributed by atoms with Crippen LogP contribution in [0, 0.1) is 18.3 Å². The molecule has 4 rings (SSSR count). The molecule has 0 unspecified atom stereocenters. The third-order valence-corrected chi connectivity index (χ3v) is 8.30. The van der Waals surface area contributed by atoms with Crippen molar-refractivity contribution in [3.05, 3.63) is 77.9 Å². The van der Waals surface area contributed by atoms with Crippen LogP contribution in [0.3, 0.4) is 0 Å². The molecule has 174 valence electrons. The van der Waals surface area contributed by atoms with Gasteiger partial charge in [0.25, 0.3) is 15.9 Å². The Hall–Kier alpha value is -2.97. The molecule has 1 aliphatic carbocycles. The van der Waals surface area contributed by atoms with Gasteiger partial charge in [0.05, 0.1) is 4.90 Å². The number of methoxy groups -OCH3 is 1. The van der Waals surface area contributed by atoms with Crippen LogP contribution in [0.15, 0.2) is 71.6 Å². The molecule has 2 aromatic rings. The van der Waals surface area contributed by atoms with E-state index in [9.17, 15) is 18.0 Å². The van der Waals surface area contributed by atoms with Crippen LogP contribution in [-0.4, -0.2) is 44.4 Å². The van der Waals surface area contributed by atoms with Gasteiger partial charge in [0.15, 0.2) is 5.41 Å². The molecule has 1 amide bonds. The van der Waals surface area contributed by atoms with Crippen molar-refractivity contribution in [3.63, 3.8) is 0 Å². The second-order valence-electron chi connectivity index (χ2n) is 8.43. The summed E-state index contributed by atoms with van der Waals surface area (Å²) in [6, 6.07) is 15.4. The summed E-state index contributed by atoms with van der Waals surface area (Å²) in [7, 11) is -2.75. The van der Waals surface area contributed by atoms with Gasteiger partial charge < -0.3 is 9.47 Å². The minimum Gasteiger partial charge on any atom is -0.460 e. The minimum atomic E-state index is -4.15. The van der Waals surface area contributed by atoms with Gasteiger partial charge >= 0.3 is 5.97 Å². The number of sulfonamides is 1. The van der Waals surface area contributed by atoms with Crippen molar-refractivity contribution in [1.82, 2.24) is 4.31 Å². The van der Waals surface area contributed by atoms with Gasteiger partial charge in [-0.05, 0) is 43.4 Å². The first-order chi connectivity index (χ1) is 15.8. The smallest absolute Gasteiger partial charge is 0.325 e. The zero-order valence-electron chi connectivity index (χ0n) is 18.6. The average molecular weight is 470 g/mol. The van der Waals surface area contributed by atoms with Crippen molar-refractivity contribution in [2.24, 2.45) is 11.3 Å². The number of benzene rings is 2. The van der Waals surface area contributed by atoms with E-state index in [1.54, 1.807) is 18.2 Å². The molecule has 7 nitrogen and oxygen atoms in total. The maximum Gasteiger partial charge on any atom is 0.325 e. The number of ether oxygens (including phenoxy) is 2. The van der Waals surface area contributed by atoms with Gasteiger partial charge in [0.1, 0.15) is 12.7 Å². The van der Waals surface area contributed by atoms with E-state index in [-0.39, 0.29) is 18.0 Å². The number of esters is 1. The number of piperidine rings is 1. The summed E-state index contributed by atoms with van der Waals surface area (Å²) in [4.78, 5) is 27.5. The van der Waals surface area contributed by atoms with E-state index in [1.807, 2.05) is 43.3 Å². The standard InChI is InChI=1S/C25H27NO6S/c1-18-11-13-21(14-12-18)33(29,30)26-16-15-20-9-6-10-22(31-2)25(20,23(26)27)24(28)32-17-19-7-4-3-5-8-19/h3-8,10-14,20,22H,9,15-17H2,1-2H3/t20-,22-,25-/m0/s1. The lowest BCUT2D eigenvalue weighted by molar-refractivity contribution is -0.183. The Morgan fingerprint density at radius 1 is 1.12 bits per heavy atom. The van der Waals surface area contributed by atoms with Crippen LogP contribution in [0.4, 0.5) is 0 Å². The first-order valence-corrected chi connectivity index (χ1v) is 12.3. The number of carbonyl (C=O) groups is 2. The first kappa shape index (κ1) is 23.2. The summed E-state index contributed by atoms with van der Waals surface area (Å²) in [6.07, 6.45) is 3.40. The number of amides is 1. The highest BCUT2D eigenvalue weighted by atomic mass is 32.2. The quantitative estimate of drug-likeness (QED) is 0.367. The van der Waals surface area contributed by atoms with E-state index in [2.05, 4.69) is 0 Å². The van der Waals surface area contributed by atoms with E-state index >= 15 is 0 Å². The van der Waals surface area contributed by atoms with E-state index in [4.69, 9.17) is 9.47 Å². The molecule has 1 fully saturated rings. The molecule has 0 saturated carbocycles. The second kappa shape index (κ2) is 9.11. The number of allylic oxidation sites excluding steroid dienone is 1. The maximum atomic E-state index is 13.9. The monoisotopic (exact) mass is 469 g/mol. The predicted octanol–water partition coefficient (Wildman–Crippen LogP) is 3.24. The summed E-state index contributed by atoms with van der Waals surface area (Å²) < 4.78 is 38.8. The molecular weight excluding hydrogens is 442 g/mol. The third kappa shape index (κ3) is 3.98. The topological polar surface area (TPSA) is 90.0 Å². The summed E-state index contributed by atoms with van der Waals surface area (Å²) >= 11 is 0. The van der Waals surface area contributed by atoms with Gasteiger partial charge in [0.2, 0.25) is 0 Å². The number of fused-ring (bicyclic) bond motifs is 1. The fourth-order valence-electron chi connectivity index (χ4n) is 4.70. The van der Waals surface area contributed by atoms with Crippen molar-refractivity contribution in [2.45, 2.75) is 37.4 Å². The zero-order valence-corrected chi connectivity index (χ0v) is 19.5. The van der Waals surface area contributed by atoms with E-state index in [0.717, 1.165) is 15.4 Å². The van der Waals surface area contributed by atoms with E-state index in [1.165, 1.54) is 19.2 Å². The highest BCUT2D eigenvalue weighted by Crippen LogP contribution is 2.48. The van der Waals surface area contributed by atoms with E-state index in [0.29, 0.717) is 12.8 Å². The fourth-order valence-corrected chi connectivity index (χ4v) is 6.15. The van der Waals surface area contributed by atoms with Gasteiger partial charge in [-0.25, -0.2) is 12.7 Å². The molecule has 0 aromatic heterocycles. The first-order valence-electron chi connectivity index (χ1n) is 10.9. The average Bonchev–Trinajstić information content (AvgIpc) is 2.83. The Morgan fingerprint density at radius 3 is 2.48 bits per heavy atom. The lowest BCUT2D eigenvalue weighted by Gasteiger charge is -2.48. The Bertz CT molecular complexity index is 1160. The highest BCUT2D eigenvalue weighted by molar-refractivity contribution is 7.89. The number of aryl methyl sites for hydroxylation is 1. The summed E-state index contributed by atoms with van der Waals surface area (Å²) in [6.45, 7) is 1.83. The fraction of sp³-hybridized carbons (Fsp3) is 0.360. The molecule has 33 heavy (non-hydrogen) atoms. The Balaban J connectivity index is 1.72. The molecule has 3 atom stereocenters. The van der Waals surface area contributed by atoms with Gasteiger partial charge in [-0.1, -0.05) is 60.2 Å². The molecule has 1 heterocycles. The van der Waals surface area contributed by atoms with Crippen molar-refractivity contribution >= 4 is 21.9 Å². The molecule has 1 saturated heterocycles. The molecule has 0 spiro atoms. The van der Waals surface area contributed by atoms with Crippen LogP contribution in [0.2, 0.25) is 0 Å². The van der Waals surface area contributed by atoms with Crippen LogP contribution in [0.5, 0.6) is 0 Å². The number of rotatable bonds is 6. The number of nitrogens with zero attached hydrogens (tertiary/aromatic N) is 1. The zero-order chi connectivity index (χ0) is 23.6. The Kier molecular flexibility index (Phi) is 6.41. The number of hydrogen-bond acceptors (Lipinski definition) is 6. The van der Waals surface area contributed by atoms with Crippen LogP contribution in [0.1, 0.15) is 24.0 Å². The summed E-state index contributed by atoms with van der Waals surface area (Å²) in [5, 5.41) is 0. The lowest BCUT2D eigenvalue weighted by Crippen LogP contribution is -2.64. The lowest BCUT2D eigenvalue weighted by atomic mass is 9.63. The van der Waals surface area contributed by atoms with Crippen LogP contribution < -0.4 is 0 Å². The summed E-state index contributed by atoms with van der Waals surface area (Å²) in [5.41, 5.74) is -0.0998. The van der Waals surface area contributed by atoms with Gasteiger partial charge in [0, 0.05) is 13.7 Å². The van der Waals surface area contributed by atoms with Crippen molar-refractivity contribution in [2.75, 3.05) is 13.7 Å². The molecular formula is C25H27NO6S. The predicted molar refractivity (Wildman–Crippen MR) is 121 cm³/mol. The normalized spacial score (nSPS) is 24.9. The largest absolute Gasteiger partial charge is 0.460 e. The van der Waals surface area contributed by atoms with Gasteiger partial charge in [-0.3, -0.25) is 9.59 Å². The van der Waals surface area contributed by atoms with Gasteiger partial charge in [-0.2, -0.15) is 0 Å². The Morgan fingerprint density at radius 2 is 1.82 bits per heavy atom. The van der Waals surface area contributed by atoms with Crippen molar-refractivity contribution < 1.29 is 27.5 Å². The van der Waals surface area contributed by atoms with Crippen molar-refractivity contribution in [1.29, 1.82) is 0 Å². The van der Waals surface area contributed by atoms with Crippen molar-refractivity contribution in [3.8, 4) is 0 Å².